The Morgan fingerprint density at radius 2 is 1.81 bits per heavy atom. The number of carbonyl (C=O) groups excluding carboxylic acids is 2. The maximum atomic E-state index is 13.2. The monoisotopic (exact) mass is 549 g/mol. The van der Waals surface area contributed by atoms with Crippen LogP contribution in [0.4, 0.5) is 0 Å². The molecule has 0 spiro atoms. The van der Waals surface area contributed by atoms with Crippen molar-refractivity contribution in [3.8, 4) is 5.75 Å². The van der Waals surface area contributed by atoms with Gasteiger partial charge in [-0.25, -0.2) is 0 Å². The average Bonchev–Trinajstić information content (AvgIpc) is 3.14. The molecule has 1 N–H and O–H groups in total. The minimum absolute atomic E-state index is 0.0688. The lowest BCUT2D eigenvalue weighted by atomic mass is 9.94. The molecule has 1 fully saturated rings. The van der Waals surface area contributed by atoms with Gasteiger partial charge in [-0.1, -0.05) is 64.5 Å². The number of nitrogens with zero attached hydrogens (tertiary/aromatic N) is 1. The standard InChI is InChI=1S/C29H28BrNO5/c1-19-16-22(12-13-24(19)30)27(32)25-26(31(14-7-15-35-2)29(34)28(25)33)21-10-6-11-23(17-21)36-18-20-8-4-3-5-9-20/h3-6,8-13,16-17,26,32H,7,14-15,18H2,1-2H3/b27-25-. The molecule has 0 saturated carbocycles. The minimum Gasteiger partial charge on any atom is -0.507 e. The normalized spacial score (nSPS) is 17.0. The Labute approximate surface area is 219 Å². The molecule has 1 amide bonds. The zero-order valence-corrected chi connectivity index (χ0v) is 21.8. The first kappa shape index (κ1) is 25.7. The Morgan fingerprint density at radius 1 is 1.03 bits per heavy atom. The van der Waals surface area contributed by atoms with Gasteiger partial charge in [-0.05, 0) is 54.3 Å². The highest BCUT2D eigenvalue weighted by molar-refractivity contribution is 9.10. The van der Waals surface area contributed by atoms with Gasteiger partial charge in [-0.2, -0.15) is 0 Å². The first-order valence-corrected chi connectivity index (χ1v) is 12.5. The largest absolute Gasteiger partial charge is 0.507 e. The van der Waals surface area contributed by atoms with Crippen LogP contribution in [0.5, 0.6) is 5.75 Å². The number of aryl methyl sites for hydroxylation is 1. The fourth-order valence-corrected chi connectivity index (χ4v) is 4.55. The Balaban J connectivity index is 1.74. The second kappa shape index (κ2) is 11.5. The smallest absolute Gasteiger partial charge is 0.295 e. The molecular formula is C29H28BrNO5. The van der Waals surface area contributed by atoms with E-state index >= 15 is 0 Å². The summed E-state index contributed by atoms with van der Waals surface area (Å²) in [6.45, 7) is 3.04. The van der Waals surface area contributed by atoms with Crippen LogP contribution in [0.3, 0.4) is 0 Å². The van der Waals surface area contributed by atoms with Crippen molar-refractivity contribution in [1.29, 1.82) is 0 Å². The first-order chi connectivity index (χ1) is 17.4. The topological polar surface area (TPSA) is 76.1 Å². The van der Waals surface area contributed by atoms with Gasteiger partial charge in [0.15, 0.2) is 0 Å². The Morgan fingerprint density at radius 3 is 2.53 bits per heavy atom. The molecule has 0 aromatic heterocycles. The van der Waals surface area contributed by atoms with Crippen LogP contribution in [0.2, 0.25) is 0 Å². The molecule has 0 radical (unpaired) electrons. The molecule has 1 unspecified atom stereocenters. The summed E-state index contributed by atoms with van der Waals surface area (Å²) in [5.41, 5.74) is 3.17. The zero-order chi connectivity index (χ0) is 25.7. The van der Waals surface area contributed by atoms with E-state index in [1.165, 1.54) is 4.90 Å². The Bertz CT molecular complexity index is 1290. The van der Waals surface area contributed by atoms with Gasteiger partial charge in [-0.15, -0.1) is 0 Å². The number of carbonyl (C=O) groups is 2. The minimum atomic E-state index is -0.744. The van der Waals surface area contributed by atoms with Crippen LogP contribution >= 0.6 is 15.9 Å². The Hall–Kier alpha value is -3.42. The number of halogens is 1. The molecule has 1 saturated heterocycles. The van der Waals surface area contributed by atoms with Gasteiger partial charge >= 0.3 is 0 Å². The fraction of sp³-hybridized carbons (Fsp3) is 0.241. The lowest BCUT2D eigenvalue weighted by Crippen LogP contribution is -2.31. The fourth-order valence-electron chi connectivity index (χ4n) is 4.30. The molecule has 0 bridgehead atoms. The third-order valence-corrected chi connectivity index (χ3v) is 7.03. The van der Waals surface area contributed by atoms with Crippen molar-refractivity contribution in [1.82, 2.24) is 4.90 Å². The van der Waals surface area contributed by atoms with Gasteiger partial charge in [0.25, 0.3) is 11.7 Å². The molecule has 6 nitrogen and oxygen atoms in total. The van der Waals surface area contributed by atoms with Crippen LogP contribution in [-0.2, 0) is 20.9 Å². The number of aliphatic hydroxyl groups excluding tert-OH is 1. The van der Waals surface area contributed by atoms with Crippen molar-refractivity contribution in [2.75, 3.05) is 20.3 Å². The van der Waals surface area contributed by atoms with E-state index in [0.717, 1.165) is 15.6 Å². The molecule has 1 atom stereocenters. The van der Waals surface area contributed by atoms with E-state index in [1.54, 1.807) is 19.2 Å². The summed E-state index contributed by atoms with van der Waals surface area (Å²) < 4.78 is 12.0. The number of hydrogen-bond acceptors (Lipinski definition) is 5. The van der Waals surface area contributed by atoms with Crippen LogP contribution in [0, 0.1) is 6.92 Å². The van der Waals surface area contributed by atoms with E-state index < -0.39 is 17.7 Å². The molecule has 3 aromatic carbocycles. The molecule has 1 aliphatic heterocycles. The number of likely N-dealkylation sites (tertiary alicyclic amines) is 1. The third-order valence-electron chi connectivity index (χ3n) is 6.14. The highest BCUT2D eigenvalue weighted by atomic mass is 79.9. The summed E-state index contributed by atoms with van der Waals surface area (Å²) in [7, 11) is 1.59. The molecule has 1 aliphatic rings. The molecule has 3 aromatic rings. The number of Topliss-reactive ketones (excluding diaryl/α,β-unsaturated/α-hetero) is 1. The SMILES string of the molecule is COCCCN1C(=O)C(=O)/C(=C(\O)c2ccc(Br)c(C)c2)C1c1cccc(OCc2ccccc2)c1. The quantitative estimate of drug-likeness (QED) is 0.158. The van der Waals surface area contributed by atoms with Crippen molar-refractivity contribution in [2.45, 2.75) is 26.0 Å². The molecule has 186 valence electrons. The number of benzene rings is 3. The maximum Gasteiger partial charge on any atom is 0.295 e. The maximum absolute atomic E-state index is 13.2. The number of aliphatic hydroxyl groups is 1. The van der Waals surface area contributed by atoms with E-state index in [4.69, 9.17) is 9.47 Å². The van der Waals surface area contributed by atoms with E-state index in [1.807, 2.05) is 67.6 Å². The zero-order valence-electron chi connectivity index (χ0n) is 20.2. The van der Waals surface area contributed by atoms with Crippen molar-refractivity contribution in [3.63, 3.8) is 0 Å². The highest BCUT2D eigenvalue weighted by Crippen LogP contribution is 2.40. The average molecular weight is 550 g/mol. The summed E-state index contributed by atoms with van der Waals surface area (Å²) in [6.07, 6.45) is 0.557. The van der Waals surface area contributed by atoms with Gasteiger partial charge in [0.1, 0.15) is 18.1 Å². The van der Waals surface area contributed by atoms with Gasteiger partial charge in [0.05, 0.1) is 11.6 Å². The van der Waals surface area contributed by atoms with Gasteiger partial charge in [0.2, 0.25) is 0 Å². The van der Waals surface area contributed by atoms with Crippen molar-refractivity contribution >= 4 is 33.4 Å². The van der Waals surface area contributed by atoms with Crippen molar-refractivity contribution < 1.29 is 24.2 Å². The molecular weight excluding hydrogens is 522 g/mol. The van der Waals surface area contributed by atoms with Crippen molar-refractivity contribution in [3.05, 3.63) is 105 Å². The van der Waals surface area contributed by atoms with Crippen LogP contribution in [0.15, 0.2) is 82.8 Å². The number of amides is 1. The summed E-state index contributed by atoms with van der Waals surface area (Å²) in [5.74, 6) is -0.926. The molecule has 7 heteroatoms. The predicted molar refractivity (Wildman–Crippen MR) is 142 cm³/mol. The van der Waals surface area contributed by atoms with Gasteiger partial charge in [-0.3, -0.25) is 9.59 Å². The number of ketones is 1. The van der Waals surface area contributed by atoms with E-state index in [-0.39, 0.29) is 11.3 Å². The predicted octanol–water partition coefficient (Wildman–Crippen LogP) is 5.79. The van der Waals surface area contributed by atoms with Crippen LogP contribution in [0.25, 0.3) is 5.76 Å². The van der Waals surface area contributed by atoms with E-state index in [0.29, 0.717) is 43.1 Å². The first-order valence-electron chi connectivity index (χ1n) is 11.7. The van der Waals surface area contributed by atoms with E-state index in [2.05, 4.69) is 15.9 Å². The summed E-state index contributed by atoms with van der Waals surface area (Å²) in [5, 5.41) is 11.3. The number of rotatable bonds is 9. The highest BCUT2D eigenvalue weighted by Gasteiger charge is 2.45. The third kappa shape index (κ3) is 5.53. The molecule has 4 rings (SSSR count). The Kier molecular flexibility index (Phi) is 8.23. The number of ether oxygens (including phenoxy) is 2. The van der Waals surface area contributed by atoms with Gasteiger partial charge < -0.3 is 19.5 Å². The number of hydrogen-bond donors (Lipinski definition) is 1. The summed E-state index contributed by atoms with van der Waals surface area (Å²) >= 11 is 3.46. The second-order valence-electron chi connectivity index (χ2n) is 8.65. The lowest BCUT2D eigenvalue weighted by Gasteiger charge is -2.25. The second-order valence-corrected chi connectivity index (χ2v) is 9.50. The molecule has 0 aliphatic carbocycles. The lowest BCUT2D eigenvalue weighted by molar-refractivity contribution is -0.140. The van der Waals surface area contributed by atoms with Crippen molar-refractivity contribution in [2.24, 2.45) is 0 Å². The van der Waals surface area contributed by atoms with Gasteiger partial charge in [0, 0.05) is 30.3 Å². The van der Waals surface area contributed by atoms with Crippen LogP contribution in [0.1, 0.15) is 34.7 Å². The van der Waals surface area contributed by atoms with Crippen LogP contribution in [-0.4, -0.2) is 42.0 Å². The van der Waals surface area contributed by atoms with E-state index in [9.17, 15) is 14.7 Å². The number of methoxy groups -OCH3 is 1. The molecule has 1 heterocycles. The molecule has 36 heavy (non-hydrogen) atoms. The summed E-state index contributed by atoms with van der Waals surface area (Å²) in [6, 6.07) is 21.7. The van der Waals surface area contributed by atoms with Crippen LogP contribution < -0.4 is 4.74 Å². The summed E-state index contributed by atoms with van der Waals surface area (Å²) in [4.78, 5) is 27.8.